The van der Waals surface area contributed by atoms with E-state index in [0.717, 1.165) is 24.5 Å². The van der Waals surface area contributed by atoms with Crippen molar-refractivity contribution in [2.75, 3.05) is 44.4 Å². The van der Waals surface area contributed by atoms with E-state index in [2.05, 4.69) is 25.3 Å². The number of hydrogen-bond acceptors (Lipinski definition) is 8. The first kappa shape index (κ1) is 23.4. The van der Waals surface area contributed by atoms with E-state index in [-0.39, 0.29) is 24.6 Å². The lowest BCUT2D eigenvalue weighted by Crippen LogP contribution is -2.50. The molecule has 10 heteroatoms. The Morgan fingerprint density at radius 1 is 1.12 bits per heavy atom. The summed E-state index contributed by atoms with van der Waals surface area (Å²) in [5.41, 5.74) is -0.0700. The molecular formula is C24H28N6O4. The fraction of sp³-hybridized carbons (Fsp3) is 0.375. The highest BCUT2D eigenvalue weighted by atomic mass is 16.5. The average Bonchev–Trinajstić information content (AvgIpc) is 2.88. The molecule has 0 bridgehead atoms. The fourth-order valence-electron chi connectivity index (χ4n) is 3.58. The van der Waals surface area contributed by atoms with Gasteiger partial charge in [-0.3, -0.25) is 9.59 Å². The van der Waals surface area contributed by atoms with Gasteiger partial charge in [0, 0.05) is 30.8 Å². The highest BCUT2D eigenvalue weighted by Crippen LogP contribution is 2.18. The van der Waals surface area contributed by atoms with E-state index in [1.165, 1.54) is 17.1 Å². The van der Waals surface area contributed by atoms with E-state index in [1.807, 2.05) is 30.3 Å². The predicted octanol–water partition coefficient (Wildman–Crippen LogP) is 1.47. The zero-order valence-electron chi connectivity index (χ0n) is 19.3. The summed E-state index contributed by atoms with van der Waals surface area (Å²) in [4.78, 5) is 36.0. The van der Waals surface area contributed by atoms with Crippen LogP contribution < -0.4 is 20.5 Å². The summed E-state index contributed by atoms with van der Waals surface area (Å²) in [5, 5.41) is 7.27. The first-order chi connectivity index (χ1) is 16.4. The smallest absolute Gasteiger partial charge is 0.267 e. The van der Waals surface area contributed by atoms with Crippen molar-refractivity contribution in [3.63, 3.8) is 0 Å². The van der Waals surface area contributed by atoms with Crippen LogP contribution >= 0.6 is 0 Å². The molecule has 178 valence electrons. The van der Waals surface area contributed by atoms with Gasteiger partial charge in [-0.25, -0.2) is 14.6 Å². The van der Waals surface area contributed by atoms with Crippen LogP contribution in [0.5, 0.6) is 5.88 Å². The first-order valence-corrected chi connectivity index (χ1v) is 11.2. The molecule has 4 rings (SSSR count). The molecule has 1 aliphatic heterocycles. The van der Waals surface area contributed by atoms with Gasteiger partial charge in [-0.1, -0.05) is 30.3 Å². The van der Waals surface area contributed by atoms with E-state index in [9.17, 15) is 9.59 Å². The van der Waals surface area contributed by atoms with Crippen LogP contribution in [0.4, 0.5) is 5.82 Å². The van der Waals surface area contributed by atoms with Crippen LogP contribution in [0.1, 0.15) is 13.8 Å². The molecule has 3 heterocycles. The van der Waals surface area contributed by atoms with E-state index in [0.29, 0.717) is 24.8 Å². The van der Waals surface area contributed by atoms with Gasteiger partial charge in [0.25, 0.3) is 5.56 Å². The number of nitrogens with zero attached hydrogens (tertiary/aromatic N) is 5. The number of carbonyl (C=O) groups is 1. The Labute approximate surface area is 197 Å². The average molecular weight is 465 g/mol. The third-order valence-corrected chi connectivity index (χ3v) is 5.56. The third kappa shape index (κ3) is 5.40. The Bertz CT molecular complexity index is 1180. The van der Waals surface area contributed by atoms with Gasteiger partial charge in [0.15, 0.2) is 0 Å². The fourth-order valence-corrected chi connectivity index (χ4v) is 3.58. The van der Waals surface area contributed by atoms with Crippen LogP contribution in [-0.2, 0) is 15.1 Å². The molecule has 1 aliphatic rings. The molecule has 3 aromatic rings. The summed E-state index contributed by atoms with van der Waals surface area (Å²) >= 11 is 0. The summed E-state index contributed by atoms with van der Waals surface area (Å²) < 4.78 is 12.3. The number of amides is 1. The SMILES string of the molecule is CC(C)(C(=O)NCCOc1cc(N2CCOCC2)ncn1)n1nc(-c2ccccc2)ccc1=O. The summed E-state index contributed by atoms with van der Waals surface area (Å²) in [6.07, 6.45) is 1.46. The number of anilines is 1. The van der Waals surface area contributed by atoms with E-state index in [4.69, 9.17) is 9.47 Å². The van der Waals surface area contributed by atoms with Gasteiger partial charge in [0.1, 0.15) is 24.3 Å². The molecule has 2 aromatic heterocycles. The summed E-state index contributed by atoms with van der Waals surface area (Å²) in [5.74, 6) is 0.869. The Morgan fingerprint density at radius 2 is 1.88 bits per heavy atom. The standard InChI is InChI=1S/C24H28N6O4/c1-24(2,30-22(31)9-8-19(28-30)18-6-4-3-5-7-18)23(32)25-10-13-34-21-16-20(26-17-27-21)29-11-14-33-15-12-29/h3-9,16-17H,10-15H2,1-2H3,(H,25,32). The second-order valence-electron chi connectivity index (χ2n) is 8.31. The minimum absolute atomic E-state index is 0.216. The molecule has 0 radical (unpaired) electrons. The number of nitrogens with one attached hydrogen (secondary N) is 1. The maximum Gasteiger partial charge on any atom is 0.267 e. The van der Waals surface area contributed by atoms with E-state index >= 15 is 0 Å². The normalized spacial score (nSPS) is 14.0. The Hall–Kier alpha value is -3.79. The molecule has 34 heavy (non-hydrogen) atoms. The maximum atomic E-state index is 12.9. The van der Waals surface area contributed by atoms with Gasteiger partial charge >= 0.3 is 0 Å². The number of morpholine rings is 1. The molecular weight excluding hydrogens is 436 g/mol. The van der Waals surface area contributed by atoms with Crippen molar-refractivity contribution in [2.45, 2.75) is 19.4 Å². The molecule has 1 N–H and O–H groups in total. The molecule has 0 atom stereocenters. The minimum atomic E-state index is -1.19. The van der Waals surface area contributed by atoms with Crippen LogP contribution in [0.2, 0.25) is 0 Å². The number of rotatable bonds is 8. The molecule has 1 amide bonds. The Kier molecular flexibility index (Phi) is 7.17. The van der Waals surface area contributed by atoms with Crippen molar-refractivity contribution in [3.8, 4) is 17.1 Å². The lowest BCUT2D eigenvalue weighted by molar-refractivity contribution is -0.129. The van der Waals surface area contributed by atoms with Crippen LogP contribution in [0.3, 0.4) is 0 Å². The van der Waals surface area contributed by atoms with Crippen LogP contribution in [0.25, 0.3) is 11.3 Å². The monoisotopic (exact) mass is 464 g/mol. The number of hydrogen-bond donors (Lipinski definition) is 1. The molecule has 10 nitrogen and oxygen atoms in total. The van der Waals surface area contributed by atoms with E-state index < -0.39 is 5.54 Å². The van der Waals surface area contributed by atoms with Gasteiger partial charge in [-0.05, 0) is 19.9 Å². The largest absolute Gasteiger partial charge is 0.476 e. The van der Waals surface area contributed by atoms with E-state index in [1.54, 1.807) is 26.0 Å². The molecule has 0 aliphatic carbocycles. The molecule has 0 unspecified atom stereocenters. The van der Waals surface area contributed by atoms with Crippen molar-refractivity contribution in [1.29, 1.82) is 0 Å². The highest BCUT2D eigenvalue weighted by molar-refractivity contribution is 5.83. The predicted molar refractivity (Wildman–Crippen MR) is 127 cm³/mol. The first-order valence-electron chi connectivity index (χ1n) is 11.2. The molecule has 1 saturated heterocycles. The van der Waals surface area contributed by atoms with Crippen molar-refractivity contribution >= 4 is 11.7 Å². The lowest BCUT2D eigenvalue weighted by atomic mass is 10.0. The summed E-state index contributed by atoms with van der Waals surface area (Å²) in [6, 6.07) is 14.4. The van der Waals surface area contributed by atoms with Gasteiger partial charge in [-0.2, -0.15) is 5.10 Å². The second-order valence-corrected chi connectivity index (χ2v) is 8.31. The third-order valence-electron chi connectivity index (χ3n) is 5.56. The van der Waals surface area contributed by atoms with Crippen LogP contribution in [0.15, 0.2) is 59.7 Å². The Balaban J connectivity index is 1.35. The molecule has 1 fully saturated rings. The quantitative estimate of drug-likeness (QED) is 0.499. The number of carbonyl (C=O) groups excluding carboxylic acids is 1. The van der Waals surface area contributed by atoms with Crippen molar-refractivity contribution < 1.29 is 14.3 Å². The zero-order chi connectivity index (χ0) is 24.0. The second kappa shape index (κ2) is 10.4. The minimum Gasteiger partial charge on any atom is -0.476 e. The maximum absolute atomic E-state index is 12.9. The van der Waals surface area contributed by atoms with Gasteiger partial charge in [0.05, 0.1) is 25.5 Å². The highest BCUT2D eigenvalue weighted by Gasteiger charge is 2.32. The number of benzene rings is 1. The van der Waals surface area contributed by atoms with Gasteiger partial charge < -0.3 is 19.7 Å². The van der Waals surface area contributed by atoms with Gasteiger partial charge in [-0.15, -0.1) is 0 Å². The molecule has 1 aromatic carbocycles. The van der Waals surface area contributed by atoms with Crippen LogP contribution in [0, 0.1) is 0 Å². The zero-order valence-corrected chi connectivity index (χ0v) is 19.3. The van der Waals surface area contributed by atoms with Crippen molar-refractivity contribution in [1.82, 2.24) is 25.1 Å². The topological polar surface area (TPSA) is 111 Å². The van der Waals surface area contributed by atoms with Gasteiger partial charge in [0.2, 0.25) is 11.8 Å². The lowest BCUT2D eigenvalue weighted by Gasteiger charge is -2.27. The molecule has 0 spiro atoms. The summed E-state index contributed by atoms with van der Waals surface area (Å²) in [7, 11) is 0. The van der Waals surface area contributed by atoms with Crippen LogP contribution in [-0.4, -0.2) is 65.1 Å². The molecule has 0 saturated carbocycles. The number of aromatic nitrogens is 4. The number of ether oxygens (including phenoxy) is 2. The Morgan fingerprint density at radius 3 is 2.65 bits per heavy atom. The summed E-state index contributed by atoms with van der Waals surface area (Å²) in [6.45, 7) is 6.63. The van der Waals surface area contributed by atoms with Crippen molar-refractivity contribution in [2.24, 2.45) is 0 Å². The van der Waals surface area contributed by atoms with Crippen molar-refractivity contribution in [3.05, 3.63) is 65.2 Å².